The summed E-state index contributed by atoms with van der Waals surface area (Å²) >= 11 is 0. The minimum absolute atomic E-state index is 0.00750. The molecule has 4 aromatic rings. The molecule has 0 amide bonds. The van der Waals surface area contributed by atoms with Crippen LogP contribution in [0.1, 0.15) is 22.3 Å². The number of benzene rings is 4. The average Bonchev–Trinajstić information content (AvgIpc) is 3.24. The average molecular weight is 785 g/mol. The third-order valence-corrected chi connectivity index (χ3v) is 10.1. The lowest BCUT2D eigenvalue weighted by Crippen LogP contribution is -2.69. The molecule has 0 bridgehead atoms. The molecule has 57 heavy (non-hydrogen) atoms. The van der Waals surface area contributed by atoms with Gasteiger partial charge in [0.25, 0.3) is 18.7 Å². The van der Waals surface area contributed by atoms with Crippen molar-refractivity contribution in [3.8, 4) is 23.0 Å². The molecule has 4 aromatic carbocycles. The first-order chi connectivity index (χ1) is 27.8. The fourth-order valence-electron chi connectivity index (χ4n) is 7.04. The van der Waals surface area contributed by atoms with Crippen molar-refractivity contribution in [3.05, 3.63) is 119 Å². The van der Waals surface area contributed by atoms with Crippen molar-refractivity contribution in [3.63, 3.8) is 0 Å². The third kappa shape index (κ3) is 11.9. The maximum absolute atomic E-state index is 12.6. The molecule has 5 rings (SSSR count). The highest BCUT2D eigenvalue weighted by Crippen LogP contribution is 2.30. The Labute approximate surface area is 333 Å². The molecule has 1 fully saturated rings. The van der Waals surface area contributed by atoms with E-state index in [2.05, 4.69) is 16.0 Å². The molecular weight excluding hydrogens is 732 g/mol. The number of ether oxygens (including phenoxy) is 6. The van der Waals surface area contributed by atoms with Gasteiger partial charge in [-0.3, -0.25) is 19.7 Å². The maximum atomic E-state index is 12.6. The van der Waals surface area contributed by atoms with Gasteiger partial charge >= 0.3 is 6.47 Å². The number of hydrogen-bond donors (Lipinski definition) is 3. The lowest BCUT2D eigenvalue weighted by Gasteiger charge is -2.46. The van der Waals surface area contributed by atoms with E-state index in [0.29, 0.717) is 55.2 Å². The zero-order valence-electron chi connectivity index (χ0n) is 32.8. The third-order valence-electron chi connectivity index (χ3n) is 10.1. The van der Waals surface area contributed by atoms with Gasteiger partial charge in [-0.2, -0.15) is 0 Å². The van der Waals surface area contributed by atoms with Gasteiger partial charge in [-0.15, -0.1) is 0 Å². The van der Waals surface area contributed by atoms with Gasteiger partial charge in [0.1, 0.15) is 23.0 Å². The molecule has 1 unspecified atom stereocenters. The van der Waals surface area contributed by atoms with Crippen LogP contribution in [0.2, 0.25) is 0 Å². The molecule has 0 aromatic heterocycles. The van der Waals surface area contributed by atoms with Gasteiger partial charge in [0.05, 0.1) is 35.0 Å². The number of carbonyl (C=O) groups is 3. The van der Waals surface area contributed by atoms with E-state index < -0.39 is 24.0 Å². The molecule has 1 aliphatic heterocycles. The minimum atomic E-state index is -1.90. The number of hydroxylamine groups is 2. The molecule has 0 saturated carbocycles. The number of carbonyl (C=O) groups excluding carboxylic acids is 3. The Bertz CT molecular complexity index is 1730. The highest BCUT2D eigenvalue weighted by atomic mass is 16.7. The Morgan fingerprint density at radius 1 is 0.561 bits per heavy atom. The van der Waals surface area contributed by atoms with E-state index in [1.54, 1.807) is 52.7 Å². The monoisotopic (exact) mass is 784 g/mol. The molecule has 14 nitrogen and oxygen atoms in total. The zero-order chi connectivity index (χ0) is 40.5. The molecular formula is C43H52N4O10. The van der Waals surface area contributed by atoms with Crippen LogP contribution in [-0.2, 0) is 54.4 Å². The SMILES string of the molecule is COc1ccc(C[C@H]2CN[C@@H](Cc3ccc(OC)cc3)CN(OC=O)[C@@](Cc3ccc(OC)cc3)(OC=O)C(OC=O)N[C@@H](Cc3ccc(OC)cc3)CN2)cc1. The summed E-state index contributed by atoms with van der Waals surface area (Å²) in [6.45, 7) is 1.74. The quantitative estimate of drug-likeness (QED) is 0.126. The second-order valence-electron chi connectivity index (χ2n) is 13.7. The number of hydrogen-bond acceptors (Lipinski definition) is 14. The van der Waals surface area contributed by atoms with Crippen molar-refractivity contribution in [2.75, 3.05) is 48.1 Å². The zero-order valence-corrected chi connectivity index (χ0v) is 32.8. The summed E-state index contributed by atoms with van der Waals surface area (Å²) in [5.41, 5.74) is 1.81. The molecule has 1 heterocycles. The van der Waals surface area contributed by atoms with Crippen LogP contribution in [0.4, 0.5) is 0 Å². The Kier molecular flexibility index (Phi) is 16.1. The van der Waals surface area contributed by atoms with Crippen molar-refractivity contribution in [2.45, 2.75) is 55.8 Å². The van der Waals surface area contributed by atoms with E-state index in [4.69, 9.17) is 33.3 Å². The fraction of sp³-hybridized carbons (Fsp3) is 0.372. The second-order valence-corrected chi connectivity index (χ2v) is 13.7. The van der Waals surface area contributed by atoms with Gasteiger partial charge in [0, 0.05) is 37.6 Å². The van der Waals surface area contributed by atoms with E-state index in [1.165, 1.54) is 5.06 Å². The summed E-state index contributed by atoms with van der Waals surface area (Å²) in [4.78, 5) is 43.2. The van der Waals surface area contributed by atoms with E-state index in [9.17, 15) is 14.4 Å². The van der Waals surface area contributed by atoms with Crippen LogP contribution in [0, 0.1) is 0 Å². The van der Waals surface area contributed by atoms with Crippen molar-refractivity contribution in [1.82, 2.24) is 21.0 Å². The number of nitrogens with zero attached hydrogens (tertiary/aromatic N) is 1. The van der Waals surface area contributed by atoms with Crippen LogP contribution in [0.15, 0.2) is 97.1 Å². The molecule has 3 N–H and O–H groups in total. The maximum Gasteiger partial charge on any atom is 0.313 e. The van der Waals surface area contributed by atoms with Crippen LogP contribution >= 0.6 is 0 Å². The van der Waals surface area contributed by atoms with Gasteiger partial charge in [-0.05, 0) is 90.0 Å². The van der Waals surface area contributed by atoms with Crippen molar-refractivity contribution >= 4 is 19.4 Å². The first-order valence-corrected chi connectivity index (χ1v) is 18.7. The first kappa shape index (κ1) is 42.5. The lowest BCUT2D eigenvalue weighted by atomic mass is 9.96. The summed E-state index contributed by atoms with van der Waals surface area (Å²) in [6.07, 6.45) is 0.193. The first-order valence-electron chi connectivity index (χ1n) is 18.7. The van der Waals surface area contributed by atoms with Crippen molar-refractivity contribution in [1.29, 1.82) is 0 Å². The lowest BCUT2D eigenvalue weighted by molar-refractivity contribution is -0.308. The molecule has 14 heteroatoms. The summed E-state index contributed by atoms with van der Waals surface area (Å²) in [5.74, 6) is 2.79. The topological polar surface area (TPSA) is 155 Å². The van der Waals surface area contributed by atoms with Gasteiger partial charge in [0.2, 0.25) is 6.23 Å². The largest absolute Gasteiger partial charge is 0.497 e. The standard InChI is InChI=1S/C43H52N4O10/c1-51-38-13-5-31(6-14-38)21-35-25-45-37(23-33-9-17-40(53-3)18-10-33)27-47(57-30-50)43(56-29-49,24-34-11-19-41(54-4)20-12-34)42(55-28-48)46-36(26-44-35)22-32-7-15-39(52-2)16-8-32/h5-20,28-30,35-37,42,44-46H,21-27H2,1-4H3/t35-,36-,37-,42?,43-/m0/s1. The van der Waals surface area contributed by atoms with E-state index in [0.717, 1.165) is 22.4 Å². The molecule has 304 valence electrons. The van der Waals surface area contributed by atoms with Gasteiger partial charge in [0.15, 0.2) is 0 Å². The van der Waals surface area contributed by atoms with Gasteiger partial charge in [-0.25, -0.2) is 0 Å². The van der Waals surface area contributed by atoms with E-state index >= 15 is 0 Å². The van der Waals surface area contributed by atoms with Crippen molar-refractivity contribution in [2.24, 2.45) is 0 Å². The molecule has 0 aliphatic carbocycles. The summed E-state index contributed by atoms with van der Waals surface area (Å²) in [7, 11) is 6.41. The number of rotatable bonds is 18. The van der Waals surface area contributed by atoms with Crippen LogP contribution in [-0.4, -0.2) is 103 Å². The smallest absolute Gasteiger partial charge is 0.313 e. The number of methoxy groups -OCH3 is 4. The van der Waals surface area contributed by atoms with E-state index in [-0.39, 0.29) is 38.4 Å². The van der Waals surface area contributed by atoms with Crippen LogP contribution in [0.3, 0.4) is 0 Å². The Morgan fingerprint density at radius 2 is 0.982 bits per heavy atom. The Hall–Kier alpha value is -5.67. The molecule has 0 spiro atoms. The molecule has 1 saturated heterocycles. The fourth-order valence-corrected chi connectivity index (χ4v) is 7.04. The van der Waals surface area contributed by atoms with Crippen LogP contribution < -0.4 is 34.9 Å². The summed E-state index contributed by atoms with van der Waals surface area (Å²) in [5, 5.41) is 12.3. The van der Waals surface area contributed by atoms with Gasteiger partial charge in [-0.1, -0.05) is 53.6 Å². The Morgan fingerprint density at radius 3 is 1.42 bits per heavy atom. The van der Waals surface area contributed by atoms with Crippen LogP contribution in [0.25, 0.3) is 0 Å². The van der Waals surface area contributed by atoms with Gasteiger partial charge < -0.3 is 43.9 Å². The highest BCUT2D eigenvalue weighted by molar-refractivity contribution is 5.42. The van der Waals surface area contributed by atoms with Crippen LogP contribution in [0.5, 0.6) is 23.0 Å². The number of nitrogens with one attached hydrogen (secondary N) is 3. The predicted molar refractivity (Wildman–Crippen MR) is 212 cm³/mol. The summed E-state index contributed by atoms with van der Waals surface area (Å²) < 4.78 is 33.4. The molecule has 5 atom stereocenters. The van der Waals surface area contributed by atoms with Crippen molar-refractivity contribution < 1.29 is 47.6 Å². The normalized spacial score (nSPS) is 21.8. The minimum Gasteiger partial charge on any atom is -0.497 e. The second kappa shape index (κ2) is 21.6. The highest BCUT2D eigenvalue weighted by Gasteiger charge is 2.52. The Balaban J connectivity index is 1.61. The van der Waals surface area contributed by atoms with E-state index in [1.807, 2.05) is 72.8 Å². The summed E-state index contributed by atoms with van der Waals surface area (Å²) in [6, 6.07) is 29.5. The predicted octanol–water partition coefficient (Wildman–Crippen LogP) is 3.64. The molecule has 0 radical (unpaired) electrons. The molecule has 1 aliphatic rings.